The van der Waals surface area contributed by atoms with Crippen molar-refractivity contribution >= 4 is 17.5 Å². The number of methoxy groups -OCH3 is 1. The van der Waals surface area contributed by atoms with E-state index in [2.05, 4.69) is 27.7 Å². The molecule has 2 aliphatic rings. The Morgan fingerprint density at radius 1 is 0.865 bits per heavy atom. The molecule has 0 aliphatic carbocycles. The van der Waals surface area contributed by atoms with Crippen molar-refractivity contribution in [3.8, 4) is 5.75 Å². The number of hydrogen-bond donors (Lipinski definition) is 2. The van der Waals surface area contributed by atoms with E-state index >= 15 is 0 Å². The highest BCUT2D eigenvalue weighted by Crippen LogP contribution is 2.38. The second-order valence-electron chi connectivity index (χ2n) is 10.1. The molecular weight excluding hydrogens is 462 g/mol. The Labute approximate surface area is 219 Å². The molecule has 2 aliphatic heterocycles. The quantitative estimate of drug-likeness (QED) is 0.468. The molecule has 2 heterocycles. The van der Waals surface area contributed by atoms with Gasteiger partial charge >= 0.3 is 0 Å². The fourth-order valence-corrected chi connectivity index (χ4v) is 5.88. The summed E-state index contributed by atoms with van der Waals surface area (Å²) in [5, 5.41) is 6.30. The van der Waals surface area contributed by atoms with Crippen LogP contribution in [0.1, 0.15) is 63.9 Å². The molecule has 6 nitrogen and oxygen atoms in total. The average molecular weight is 498 g/mol. The Morgan fingerprint density at radius 3 is 2.35 bits per heavy atom. The van der Waals surface area contributed by atoms with E-state index in [1.807, 2.05) is 67.6 Å². The molecule has 2 amide bonds. The first-order valence-corrected chi connectivity index (χ1v) is 13.2. The first-order valence-electron chi connectivity index (χ1n) is 13.2. The lowest BCUT2D eigenvalue weighted by Crippen LogP contribution is -2.39. The lowest BCUT2D eigenvalue weighted by atomic mass is 9.96. The van der Waals surface area contributed by atoms with Crippen LogP contribution >= 0.6 is 0 Å². The molecule has 3 aromatic carbocycles. The number of carbonyl (C=O) groups excluding carboxylic acids is 2. The standard InChI is InChI=1S/C31H35N3O3/c1-21-28(9-6-10-29(21)37-2)31(36)33-24-13-16-26-17-18-27(19-24)34(26)25-14-11-23(12-15-25)30(35)32-20-22-7-4-3-5-8-22/h3-12,14-15,24,26-27H,13,16-20H2,1-2H3,(H,32,35)(H,33,36). The van der Waals surface area contributed by atoms with Crippen molar-refractivity contribution in [1.82, 2.24) is 10.6 Å². The van der Waals surface area contributed by atoms with Crippen LogP contribution in [0.3, 0.4) is 0 Å². The number of carbonyl (C=O) groups is 2. The molecule has 3 atom stereocenters. The largest absolute Gasteiger partial charge is 0.496 e. The summed E-state index contributed by atoms with van der Waals surface area (Å²) in [5.74, 6) is 0.636. The second-order valence-corrected chi connectivity index (χ2v) is 10.1. The van der Waals surface area contributed by atoms with Crippen molar-refractivity contribution < 1.29 is 14.3 Å². The summed E-state index contributed by atoms with van der Waals surface area (Å²) < 4.78 is 5.39. The van der Waals surface area contributed by atoms with Gasteiger partial charge in [-0.15, -0.1) is 0 Å². The van der Waals surface area contributed by atoms with Gasteiger partial charge < -0.3 is 20.3 Å². The monoisotopic (exact) mass is 497 g/mol. The van der Waals surface area contributed by atoms with Crippen molar-refractivity contribution in [2.24, 2.45) is 0 Å². The molecular formula is C31H35N3O3. The van der Waals surface area contributed by atoms with Crippen LogP contribution in [0.4, 0.5) is 5.69 Å². The molecule has 5 rings (SSSR count). The predicted molar refractivity (Wildman–Crippen MR) is 146 cm³/mol. The molecule has 2 fully saturated rings. The van der Waals surface area contributed by atoms with E-state index in [1.165, 1.54) is 6.42 Å². The predicted octanol–water partition coefficient (Wildman–Crippen LogP) is 5.25. The van der Waals surface area contributed by atoms with Gasteiger partial charge in [-0.3, -0.25) is 9.59 Å². The van der Waals surface area contributed by atoms with Gasteiger partial charge in [-0.05, 0) is 81.0 Å². The normalized spacial score (nSPS) is 20.7. The van der Waals surface area contributed by atoms with E-state index in [1.54, 1.807) is 7.11 Å². The summed E-state index contributed by atoms with van der Waals surface area (Å²) in [6.45, 7) is 2.44. The summed E-state index contributed by atoms with van der Waals surface area (Å²) in [7, 11) is 1.63. The number of nitrogens with one attached hydrogen (secondary N) is 2. The van der Waals surface area contributed by atoms with Crippen molar-refractivity contribution in [2.75, 3.05) is 12.0 Å². The highest BCUT2D eigenvalue weighted by atomic mass is 16.5. The maximum absolute atomic E-state index is 13.1. The van der Waals surface area contributed by atoms with Crippen molar-refractivity contribution in [3.63, 3.8) is 0 Å². The number of hydrogen-bond acceptors (Lipinski definition) is 4. The molecule has 2 bridgehead atoms. The number of benzene rings is 3. The Hall–Kier alpha value is -3.80. The molecule has 2 N–H and O–H groups in total. The molecule has 37 heavy (non-hydrogen) atoms. The summed E-state index contributed by atoms with van der Waals surface area (Å²) in [4.78, 5) is 28.3. The average Bonchev–Trinajstić information content (AvgIpc) is 3.23. The summed E-state index contributed by atoms with van der Waals surface area (Å²) in [6, 6.07) is 24.5. The first kappa shape index (κ1) is 24.9. The molecule has 6 heteroatoms. The molecule has 0 spiro atoms. The maximum Gasteiger partial charge on any atom is 0.251 e. The fraction of sp³-hybridized carbons (Fsp3) is 0.355. The van der Waals surface area contributed by atoms with Crippen LogP contribution in [0, 0.1) is 6.92 Å². The molecule has 192 valence electrons. The van der Waals surface area contributed by atoms with Crippen molar-refractivity contribution in [3.05, 3.63) is 95.1 Å². The molecule has 2 saturated heterocycles. The van der Waals surface area contributed by atoms with E-state index in [0.29, 0.717) is 29.8 Å². The summed E-state index contributed by atoms with van der Waals surface area (Å²) in [5.41, 5.74) is 4.44. The van der Waals surface area contributed by atoms with E-state index in [9.17, 15) is 9.59 Å². The molecule has 3 aromatic rings. The number of nitrogens with zero attached hydrogens (tertiary/aromatic N) is 1. The SMILES string of the molecule is COc1cccc(C(=O)NC2CCC3CCC(C2)N3c2ccc(C(=O)NCc3ccccc3)cc2)c1C. The molecule has 0 saturated carbocycles. The maximum atomic E-state index is 13.1. The van der Waals surface area contributed by atoms with Crippen LogP contribution in [-0.4, -0.2) is 37.0 Å². The van der Waals surface area contributed by atoms with Gasteiger partial charge in [-0.1, -0.05) is 36.4 Å². The Morgan fingerprint density at radius 2 is 1.59 bits per heavy atom. The smallest absolute Gasteiger partial charge is 0.251 e. The van der Waals surface area contributed by atoms with Crippen LogP contribution in [0.15, 0.2) is 72.8 Å². The third-order valence-electron chi connectivity index (χ3n) is 7.83. The van der Waals surface area contributed by atoms with Crippen LogP contribution < -0.4 is 20.3 Å². The van der Waals surface area contributed by atoms with Crippen LogP contribution in [0.5, 0.6) is 5.75 Å². The van der Waals surface area contributed by atoms with E-state index < -0.39 is 0 Å². The van der Waals surface area contributed by atoms with E-state index in [4.69, 9.17) is 4.74 Å². The summed E-state index contributed by atoms with van der Waals surface area (Å²) in [6.07, 6.45) is 5.21. The zero-order chi connectivity index (χ0) is 25.8. The molecule has 0 radical (unpaired) electrons. The Bertz CT molecular complexity index is 1240. The number of anilines is 1. The minimum Gasteiger partial charge on any atom is -0.496 e. The minimum atomic E-state index is -0.0650. The van der Waals surface area contributed by atoms with Gasteiger partial charge in [-0.2, -0.15) is 0 Å². The third kappa shape index (κ3) is 5.48. The number of rotatable bonds is 7. The minimum absolute atomic E-state index is 0.0309. The van der Waals surface area contributed by atoms with Crippen LogP contribution in [0.2, 0.25) is 0 Å². The lowest BCUT2D eigenvalue weighted by Gasteiger charge is -2.31. The Kier molecular flexibility index (Phi) is 7.45. The van der Waals surface area contributed by atoms with Gasteiger partial charge in [0, 0.05) is 47.0 Å². The highest BCUT2D eigenvalue weighted by molar-refractivity contribution is 5.96. The molecule has 0 aromatic heterocycles. The van der Waals surface area contributed by atoms with E-state index in [0.717, 1.165) is 48.2 Å². The van der Waals surface area contributed by atoms with Gasteiger partial charge in [0.25, 0.3) is 11.8 Å². The summed E-state index contributed by atoms with van der Waals surface area (Å²) >= 11 is 0. The first-order chi connectivity index (χ1) is 18.0. The van der Waals surface area contributed by atoms with Crippen molar-refractivity contribution in [1.29, 1.82) is 0 Å². The zero-order valence-corrected chi connectivity index (χ0v) is 21.6. The highest BCUT2D eigenvalue weighted by Gasteiger charge is 2.38. The van der Waals surface area contributed by atoms with Crippen molar-refractivity contribution in [2.45, 2.75) is 63.7 Å². The number of fused-ring (bicyclic) bond motifs is 2. The van der Waals surface area contributed by atoms with Gasteiger partial charge in [0.1, 0.15) is 5.75 Å². The second kappa shape index (κ2) is 11.1. The number of ether oxygens (including phenoxy) is 1. The Balaban J connectivity index is 1.22. The third-order valence-corrected chi connectivity index (χ3v) is 7.83. The van der Waals surface area contributed by atoms with E-state index in [-0.39, 0.29) is 17.9 Å². The van der Waals surface area contributed by atoms with Gasteiger partial charge in [-0.25, -0.2) is 0 Å². The van der Waals surface area contributed by atoms with Crippen LogP contribution in [0.25, 0.3) is 0 Å². The van der Waals surface area contributed by atoms with Gasteiger partial charge in [0.15, 0.2) is 0 Å². The number of amides is 2. The topological polar surface area (TPSA) is 70.7 Å². The fourth-order valence-electron chi connectivity index (χ4n) is 5.88. The van der Waals surface area contributed by atoms with Gasteiger partial charge in [0.05, 0.1) is 7.11 Å². The van der Waals surface area contributed by atoms with Gasteiger partial charge in [0.2, 0.25) is 0 Å². The lowest BCUT2D eigenvalue weighted by molar-refractivity contribution is 0.0927. The zero-order valence-electron chi connectivity index (χ0n) is 21.6. The molecule has 3 unspecified atom stereocenters. The van der Waals surface area contributed by atoms with Crippen LogP contribution in [-0.2, 0) is 6.54 Å².